The van der Waals surface area contributed by atoms with E-state index in [1.54, 1.807) is 11.8 Å². The molecule has 0 saturated heterocycles. The Kier molecular flexibility index (Phi) is 5.73. The quantitative estimate of drug-likeness (QED) is 0.275. The van der Waals surface area contributed by atoms with Gasteiger partial charge in [-0.05, 0) is 37.1 Å². The molecular weight excluding hydrogens is 412 g/mol. The maximum absolute atomic E-state index is 4.92. The van der Waals surface area contributed by atoms with E-state index >= 15 is 0 Å². The second kappa shape index (κ2) is 8.97. The third kappa shape index (κ3) is 3.92. The molecule has 158 valence electrons. The molecule has 0 radical (unpaired) electrons. The third-order valence-corrected chi connectivity index (χ3v) is 6.69. The minimum absolute atomic E-state index is 0.801. The third-order valence-electron chi connectivity index (χ3n) is 5.68. The van der Waals surface area contributed by atoms with Crippen molar-refractivity contribution < 1.29 is 0 Å². The van der Waals surface area contributed by atoms with Gasteiger partial charge in [-0.1, -0.05) is 84.6 Å². The average molecular weight is 437 g/mol. The molecule has 0 aliphatic heterocycles. The van der Waals surface area contributed by atoms with Crippen LogP contribution in [0.4, 0.5) is 0 Å². The number of nitrogens with zero attached hydrogens (tertiary/aromatic N) is 4. The largest absolute Gasteiger partial charge is 0.302 e. The monoisotopic (exact) mass is 436 g/mol. The number of hydrogen-bond donors (Lipinski definition) is 0. The minimum Gasteiger partial charge on any atom is -0.302 e. The number of hydrogen-bond acceptors (Lipinski definition) is 4. The minimum atomic E-state index is 0.801. The van der Waals surface area contributed by atoms with Crippen molar-refractivity contribution in [2.75, 3.05) is 0 Å². The highest BCUT2D eigenvalue weighted by Crippen LogP contribution is 2.33. The normalized spacial score (nSPS) is 11.2. The van der Waals surface area contributed by atoms with Gasteiger partial charge in [-0.15, -0.1) is 10.2 Å². The molecule has 0 N–H and O–H groups in total. The zero-order valence-electron chi connectivity index (χ0n) is 18.2. The molecule has 0 aliphatic carbocycles. The molecule has 0 aliphatic rings. The van der Waals surface area contributed by atoms with E-state index in [9.17, 15) is 0 Å². The second-order valence-electron chi connectivity index (χ2n) is 7.70. The van der Waals surface area contributed by atoms with E-state index in [4.69, 9.17) is 4.98 Å². The Morgan fingerprint density at radius 2 is 1.59 bits per heavy atom. The van der Waals surface area contributed by atoms with E-state index < -0.39 is 0 Å². The SMILES string of the molecule is CCn1c(SCc2ccccc2C)nnc1-c1cc(-c2ccccc2)nc2ccccc12. The lowest BCUT2D eigenvalue weighted by molar-refractivity contribution is 0.687. The van der Waals surface area contributed by atoms with Crippen LogP contribution >= 0.6 is 11.8 Å². The number of rotatable bonds is 6. The van der Waals surface area contributed by atoms with Gasteiger partial charge in [0.15, 0.2) is 11.0 Å². The van der Waals surface area contributed by atoms with Gasteiger partial charge >= 0.3 is 0 Å². The highest BCUT2D eigenvalue weighted by Gasteiger charge is 2.17. The fraction of sp³-hybridized carbons (Fsp3) is 0.148. The van der Waals surface area contributed by atoms with Gasteiger partial charge in [-0.3, -0.25) is 0 Å². The zero-order chi connectivity index (χ0) is 21.9. The van der Waals surface area contributed by atoms with Gasteiger partial charge in [0.05, 0.1) is 11.2 Å². The van der Waals surface area contributed by atoms with E-state index in [1.807, 2.05) is 24.3 Å². The number of aromatic nitrogens is 4. The molecule has 0 atom stereocenters. The topological polar surface area (TPSA) is 43.6 Å². The average Bonchev–Trinajstić information content (AvgIpc) is 3.26. The second-order valence-corrected chi connectivity index (χ2v) is 8.65. The van der Waals surface area contributed by atoms with Crippen molar-refractivity contribution in [1.29, 1.82) is 0 Å². The first-order valence-corrected chi connectivity index (χ1v) is 11.8. The summed E-state index contributed by atoms with van der Waals surface area (Å²) in [7, 11) is 0. The summed E-state index contributed by atoms with van der Waals surface area (Å²) in [4.78, 5) is 4.92. The molecule has 2 aromatic heterocycles. The van der Waals surface area contributed by atoms with Crippen LogP contribution in [0.15, 0.2) is 90.1 Å². The van der Waals surface area contributed by atoms with Crippen LogP contribution in [-0.4, -0.2) is 19.7 Å². The van der Waals surface area contributed by atoms with Crippen LogP contribution in [0, 0.1) is 6.92 Å². The fourth-order valence-corrected chi connectivity index (χ4v) is 4.99. The summed E-state index contributed by atoms with van der Waals surface area (Å²) in [5.41, 5.74) is 6.69. The van der Waals surface area contributed by atoms with Crippen molar-refractivity contribution in [3.8, 4) is 22.6 Å². The molecule has 0 fully saturated rings. The molecule has 5 heteroatoms. The van der Waals surface area contributed by atoms with Crippen molar-refractivity contribution >= 4 is 22.7 Å². The van der Waals surface area contributed by atoms with Crippen LogP contribution in [0.25, 0.3) is 33.5 Å². The van der Waals surface area contributed by atoms with Crippen molar-refractivity contribution in [3.05, 3.63) is 96.1 Å². The van der Waals surface area contributed by atoms with E-state index in [2.05, 4.69) is 89.3 Å². The lowest BCUT2D eigenvalue weighted by Crippen LogP contribution is -2.01. The molecule has 3 aromatic carbocycles. The smallest absolute Gasteiger partial charge is 0.191 e. The van der Waals surface area contributed by atoms with Crippen LogP contribution in [0.1, 0.15) is 18.1 Å². The van der Waals surface area contributed by atoms with Gasteiger partial charge in [-0.25, -0.2) is 4.98 Å². The van der Waals surface area contributed by atoms with E-state index in [-0.39, 0.29) is 0 Å². The number of pyridine rings is 1. The van der Waals surface area contributed by atoms with Gasteiger partial charge in [0, 0.05) is 28.8 Å². The Labute approximate surface area is 192 Å². The summed E-state index contributed by atoms with van der Waals surface area (Å²) in [6.07, 6.45) is 0. The predicted octanol–water partition coefficient (Wildman–Crippen LogP) is 6.78. The fourth-order valence-electron chi connectivity index (χ4n) is 3.91. The number of benzene rings is 3. The molecule has 2 heterocycles. The molecule has 0 unspecified atom stereocenters. The summed E-state index contributed by atoms with van der Waals surface area (Å²) in [5.74, 6) is 1.76. The molecule has 4 nitrogen and oxygen atoms in total. The first-order chi connectivity index (χ1) is 15.7. The van der Waals surface area contributed by atoms with Gasteiger partial charge < -0.3 is 4.57 Å². The standard InChI is InChI=1S/C27H24N4S/c1-3-31-26(29-30-27(31)32-18-21-14-8-7-11-19(21)2)23-17-25(20-12-5-4-6-13-20)28-24-16-10-9-15-22(23)24/h4-17H,3,18H2,1-2H3. The molecule has 32 heavy (non-hydrogen) atoms. The zero-order valence-corrected chi connectivity index (χ0v) is 19.0. The summed E-state index contributed by atoms with van der Waals surface area (Å²) >= 11 is 1.73. The first kappa shape index (κ1) is 20.5. The predicted molar refractivity (Wildman–Crippen MR) is 133 cm³/mol. The van der Waals surface area contributed by atoms with Gasteiger partial charge in [0.25, 0.3) is 0 Å². The van der Waals surface area contributed by atoms with Crippen LogP contribution < -0.4 is 0 Å². The summed E-state index contributed by atoms with van der Waals surface area (Å²) in [5, 5.41) is 11.2. The number of thioether (sulfide) groups is 1. The number of para-hydroxylation sites is 1. The molecule has 5 aromatic rings. The lowest BCUT2D eigenvalue weighted by Gasteiger charge is -2.12. The van der Waals surface area contributed by atoms with Crippen LogP contribution in [0.5, 0.6) is 0 Å². The van der Waals surface area contributed by atoms with Crippen molar-refractivity contribution in [3.63, 3.8) is 0 Å². The van der Waals surface area contributed by atoms with E-state index in [0.29, 0.717) is 0 Å². The van der Waals surface area contributed by atoms with Gasteiger partial charge in [0.2, 0.25) is 0 Å². The van der Waals surface area contributed by atoms with Crippen LogP contribution in [-0.2, 0) is 12.3 Å². The molecule has 5 rings (SSSR count). The first-order valence-electron chi connectivity index (χ1n) is 10.8. The van der Waals surface area contributed by atoms with E-state index in [1.165, 1.54) is 11.1 Å². The molecule has 0 spiro atoms. The molecule has 0 amide bonds. The van der Waals surface area contributed by atoms with Gasteiger partial charge in [-0.2, -0.15) is 0 Å². The number of fused-ring (bicyclic) bond motifs is 1. The van der Waals surface area contributed by atoms with Crippen molar-refractivity contribution in [2.24, 2.45) is 0 Å². The summed E-state index contributed by atoms with van der Waals surface area (Å²) in [6.45, 7) is 5.10. The Morgan fingerprint density at radius 1 is 0.844 bits per heavy atom. The highest BCUT2D eigenvalue weighted by molar-refractivity contribution is 7.98. The Morgan fingerprint density at radius 3 is 2.41 bits per heavy atom. The summed E-state index contributed by atoms with van der Waals surface area (Å²) in [6, 6.07) is 29.2. The molecular formula is C27H24N4S. The van der Waals surface area contributed by atoms with Crippen molar-refractivity contribution in [1.82, 2.24) is 19.7 Å². The Hall–Kier alpha value is -3.44. The summed E-state index contributed by atoms with van der Waals surface area (Å²) < 4.78 is 2.21. The Bertz CT molecular complexity index is 1380. The maximum Gasteiger partial charge on any atom is 0.191 e. The van der Waals surface area contributed by atoms with E-state index in [0.717, 1.165) is 51.0 Å². The molecule has 0 saturated carbocycles. The number of aryl methyl sites for hydroxylation is 1. The van der Waals surface area contributed by atoms with Gasteiger partial charge in [0.1, 0.15) is 0 Å². The van der Waals surface area contributed by atoms with Crippen molar-refractivity contribution in [2.45, 2.75) is 31.3 Å². The maximum atomic E-state index is 4.92. The highest BCUT2D eigenvalue weighted by atomic mass is 32.2. The van der Waals surface area contributed by atoms with Crippen LogP contribution in [0.2, 0.25) is 0 Å². The Balaban J connectivity index is 1.59. The lowest BCUT2D eigenvalue weighted by atomic mass is 10.0. The molecule has 0 bridgehead atoms. The van der Waals surface area contributed by atoms with Crippen LogP contribution in [0.3, 0.4) is 0 Å².